The number of rotatable bonds is 2. The van der Waals surface area contributed by atoms with Gasteiger partial charge in [-0.2, -0.15) is 0 Å². The Bertz CT molecular complexity index is 643. The van der Waals surface area contributed by atoms with Crippen molar-refractivity contribution in [3.8, 4) is 0 Å². The van der Waals surface area contributed by atoms with E-state index in [1.807, 2.05) is 25.1 Å². The average Bonchev–Trinajstić information content (AvgIpc) is 2.89. The number of hydrogen-bond acceptors (Lipinski definition) is 3. The topological polar surface area (TPSA) is 78.5 Å². The molecule has 0 aliphatic carbocycles. The van der Waals surface area contributed by atoms with Crippen LogP contribution in [-0.4, -0.2) is 47.3 Å². The van der Waals surface area contributed by atoms with Crippen LogP contribution in [0.3, 0.4) is 0 Å². The fourth-order valence-corrected chi connectivity index (χ4v) is 3.11. The summed E-state index contributed by atoms with van der Waals surface area (Å²) in [6.07, 6.45) is 0.460. The van der Waals surface area contributed by atoms with E-state index < -0.39 is 12.1 Å². The first kappa shape index (κ1) is 14.6. The van der Waals surface area contributed by atoms with E-state index in [1.54, 1.807) is 17.9 Å². The van der Waals surface area contributed by atoms with Crippen LogP contribution in [0, 0.1) is 6.92 Å². The summed E-state index contributed by atoms with van der Waals surface area (Å²) >= 11 is 0. The molecule has 0 aromatic heterocycles. The maximum Gasteiger partial charge on any atom is 0.251 e. The van der Waals surface area contributed by atoms with Gasteiger partial charge in [-0.25, -0.2) is 0 Å². The van der Waals surface area contributed by atoms with Crippen LogP contribution in [0.4, 0.5) is 0 Å². The number of hydrogen-bond donors (Lipinski definition) is 2. The average molecular weight is 301 g/mol. The van der Waals surface area contributed by atoms with Gasteiger partial charge in [0.25, 0.3) is 5.91 Å². The maximum atomic E-state index is 12.3. The van der Waals surface area contributed by atoms with E-state index in [2.05, 4.69) is 10.6 Å². The van der Waals surface area contributed by atoms with Crippen LogP contribution in [0.15, 0.2) is 24.3 Å². The maximum absolute atomic E-state index is 12.3. The minimum Gasteiger partial charge on any atom is -0.347 e. The molecule has 0 saturated carbocycles. The predicted octanol–water partition coefficient (Wildman–Crippen LogP) is 0.213. The molecular weight excluding hydrogens is 282 g/mol. The predicted molar refractivity (Wildman–Crippen MR) is 80.2 cm³/mol. The fourth-order valence-electron chi connectivity index (χ4n) is 3.11. The lowest BCUT2D eigenvalue weighted by molar-refractivity contribution is -0.146. The van der Waals surface area contributed by atoms with Gasteiger partial charge in [0.1, 0.15) is 12.1 Å². The number of carbonyl (C=O) groups excluding carboxylic acids is 3. The summed E-state index contributed by atoms with van der Waals surface area (Å²) in [7, 11) is 0. The highest BCUT2D eigenvalue weighted by Crippen LogP contribution is 2.22. The van der Waals surface area contributed by atoms with Crippen molar-refractivity contribution in [2.45, 2.75) is 38.4 Å². The van der Waals surface area contributed by atoms with Crippen LogP contribution in [0.25, 0.3) is 0 Å². The normalized spacial score (nSPS) is 27.4. The zero-order chi connectivity index (χ0) is 15.9. The Morgan fingerprint density at radius 1 is 1.36 bits per heavy atom. The summed E-state index contributed by atoms with van der Waals surface area (Å²) in [6, 6.07) is 6.18. The highest BCUT2D eigenvalue weighted by atomic mass is 16.2. The summed E-state index contributed by atoms with van der Waals surface area (Å²) in [5.41, 5.74) is 1.61. The molecule has 2 aliphatic rings. The fraction of sp³-hybridized carbons (Fsp3) is 0.438. The largest absolute Gasteiger partial charge is 0.347 e. The molecule has 22 heavy (non-hydrogen) atoms. The number of nitrogens with one attached hydrogen (secondary N) is 2. The molecule has 1 aromatic carbocycles. The monoisotopic (exact) mass is 301 g/mol. The second kappa shape index (κ2) is 5.44. The van der Waals surface area contributed by atoms with Gasteiger partial charge < -0.3 is 15.5 Å². The van der Waals surface area contributed by atoms with Crippen LogP contribution < -0.4 is 10.6 Å². The number of aryl methyl sites for hydroxylation is 1. The molecule has 2 heterocycles. The highest BCUT2D eigenvalue weighted by Gasteiger charge is 2.45. The Balaban J connectivity index is 1.69. The van der Waals surface area contributed by atoms with Gasteiger partial charge in [-0.05, 0) is 32.4 Å². The van der Waals surface area contributed by atoms with E-state index in [1.165, 1.54) is 0 Å². The molecule has 6 heteroatoms. The standard InChI is InChI=1S/C16H19N3O3/c1-9-4-3-5-11(6-9)14(20)18-12-7-13-15(21)17-10(2)16(22)19(13)8-12/h3-6,10,12-13H,7-8H2,1-2H3,(H,17,21)(H,18,20)/t10-,12+,13+/m1/s1. The van der Waals surface area contributed by atoms with Crippen molar-refractivity contribution in [2.24, 2.45) is 0 Å². The molecule has 0 bridgehead atoms. The highest BCUT2D eigenvalue weighted by molar-refractivity contribution is 5.98. The minimum atomic E-state index is -0.491. The molecule has 2 aliphatic heterocycles. The van der Waals surface area contributed by atoms with E-state index in [-0.39, 0.29) is 23.8 Å². The lowest BCUT2D eigenvalue weighted by Gasteiger charge is -2.32. The summed E-state index contributed by atoms with van der Waals surface area (Å²) in [6.45, 7) is 3.99. The Morgan fingerprint density at radius 3 is 2.86 bits per heavy atom. The molecule has 2 N–H and O–H groups in total. The second-order valence-corrected chi connectivity index (χ2v) is 6.01. The van der Waals surface area contributed by atoms with Gasteiger partial charge in [-0.3, -0.25) is 14.4 Å². The third kappa shape index (κ3) is 2.56. The molecular formula is C16H19N3O3. The summed E-state index contributed by atoms with van der Waals surface area (Å²) < 4.78 is 0. The molecule has 0 unspecified atom stereocenters. The van der Waals surface area contributed by atoms with Crippen molar-refractivity contribution >= 4 is 17.7 Å². The number of benzene rings is 1. The van der Waals surface area contributed by atoms with E-state index in [9.17, 15) is 14.4 Å². The first-order valence-corrected chi connectivity index (χ1v) is 7.44. The smallest absolute Gasteiger partial charge is 0.251 e. The lowest BCUT2D eigenvalue weighted by Crippen LogP contribution is -2.60. The van der Waals surface area contributed by atoms with E-state index in [0.717, 1.165) is 5.56 Å². The van der Waals surface area contributed by atoms with Crippen molar-refractivity contribution in [3.05, 3.63) is 35.4 Å². The molecule has 2 saturated heterocycles. The van der Waals surface area contributed by atoms with E-state index in [4.69, 9.17) is 0 Å². The Morgan fingerprint density at radius 2 is 2.14 bits per heavy atom. The first-order chi connectivity index (χ1) is 10.5. The zero-order valence-electron chi connectivity index (χ0n) is 12.6. The van der Waals surface area contributed by atoms with Crippen LogP contribution in [0.2, 0.25) is 0 Å². The van der Waals surface area contributed by atoms with Crippen molar-refractivity contribution < 1.29 is 14.4 Å². The molecule has 0 radical (unpaired) electrons. The van der Waals surface area contributed by atoms with Crippen molar-refractivity contribution in [1.82, 2.24) is 15.5 Å². The van der Waals surface area contributed by atoms with Gasteiger partial charge in [0, 0.05) is 18.2 Å². The lowest BCUT2D eigenvalue weighted by atomic mass is 10.1. The van der Waals surface area contributed by atoms with E-state index in [0.29, 0.717) is 18.5 Å². The summed E-state index contributed by atoms with van der Waals surface area (Å²) in [5, 5.41) is 5.59. The Hall–Kier alpha value is -2.37. The first-order valence-electron chi connectivity index (χ1n) is 7.44. The molecule has 6 nitrogen and oxygen atoms in total. The third-order valence-corrected chi connectivity index (χ3v) is 4.23. The van der Waals surface area contributed by atoms with Crippen LogP contribution in [-0.2, 0) is 9.59 Å². The molecule has 3 rings (SSSR count). The minimum absolute atomic E-state index is 0.0862. The van der Waals surface area contributed by atoms with Gasteiger partial charge >= 0.3 is 0 Å². The van der Waals surface area contributed by atoms with Gasteiger partial charge in [-0.15, -0.1) is 0 Å². The molecule has 116 valence electrons. The van der Waals surface area contributed by atoms with Crippen LogP contribution >= 0.6 is 0 Å². The van der Waals surface area contributed by atoms with Crippen molar-refractivity contribution in [1.29, 1.82) is 0 Å². The number of amides is 3. The Kier molecular flexibility index (Phi) is 3.60. The SMILES string of the molecule is Cc1cccc(C(=O)N[C@H]2C[C@H]3C(=O)N[C@H](C)C(=O)N3C2)c1. The molecule has 3 amide bonds. The number of piperazine rings is 1. The molecule has 1 aromatic rings. The second-order valence-electron chi connectivity index (χ2n) is 6.01. The van der Waals surface area contributed by atoms with Gasteiger partial charge in [-0.1, -0.05) is 17.7 Å². The number of fused-ring (bicyclic) bond motifs is 1. The van der Waals surface area contributed by atoms with Crippen LogP contribution in [0.1, 0.15) is 29.3 Å². The third-order valence-electron chi connectivity index (χ3n) is 4.23. The summed E-state index contributed by atoms with van der Waals surface area (Å²) in [4.78, 5) is 37.9. The van der Waals surface area contributed by atoms with Crippen molar-refractivity contribution in [3.63, 3.8) is 0 Å². The number of nitrogens with zero attached hydrogens (tertiary/aromatic N) is 1. The molecule has 0 spiro atoms. The zero-order valence-corrected chi connectivity index (χ0v) is 12.6. The summed E-state index contributed by atoms with van der Waals surface area (Å²) in [5.74, 6) is -0.397. The molecule has 2 fully saturated rings. The quantitative estimate of drug-likeness (QED) is 0.820. The molecule has 3 atom stereocenters. The van der Waals surface area contributed by atoms with Crippen molar-refractivity contribution in [2.75, 3.05) is 6.54 Å². The van der Waals surface area contributed by atoms with E-state index >= 15 is 0 Å². The van der Waals surface area contributed by atoms with Gasteiger partial charge in [0.05, 0.1) is 0 Å². The van der Waals surface area contributed by atoms with Crippen LogP contribution in [0.5, 0.6) is 0 Å². The number of carbonyl (C=O) groups is 3. The van der Waals surface area contributed by atoms with Gasteiger partial charge in [0.2, 0.25) is 11.8 Å². The van der Waals surface area contributed by atoms with Gasteiger partial charge in [0.15, 0.2) is 0 Å². The Labute approximate surface area is 128 Å².